The second kappa shape index (κ2) is 6.15. The topological polar surface area (TPSA) is 67.8 Å². The van der Waals surface area contributed by atoms with Crippen LogP contribution in [0.2, 0.25) is 10.2 Å². The molecule has 0 aliphatic carbocycles. The summed E-state index contributed by atoms with van der Waals surface area (Å²) in [7, 11) is 0. The molecule has 0 radical (unpaired) electrons. The van der Waals surface area contributed by atoms with Gasteiger partial charge in [0.15, 0.2) is 5.69 Å². The van der Waals surface area contributed by atoms with Gasteiger partial charge >= 0.3 is 0 Å². The molecule has 0 aliphatic heterocycles. The molecule has 0 bridgehead atoms. The largest absolute Gasteiger partial charge is 0.305 e. The van der Waals surface area contributed by atoms with E-state index >= 15 is 0 Å². The molecule has 0 fully saturated rings. The van der Waals surface area contributed by atoms with E-state index in [-0.39, 0.29) is 16.6 Å². The number of hydrogen-bond donors (Lipinski definition) is 1. The highest BCUT2D eigenvalue weighted by Crippen LogP contribution is 2.18. The standard InChI is InChI=1S/C13H12Cl2N4O/c1-7(2)12-16-6-8(14)11(19-12)13(20)18-10-5-3-4-9(15)17-10/h3-7H,1-2H3,(H,17,18,20). The molecule has 0 aromatic carbocycles. The summed E-state index contributed by atoms with van der Waals surface area (Å²) in [6.07, 6.45) is 1.42. The van der Waals surface area contributed by atoms with Gasteiger partial charge in [-0.05, 0) is 12.1 Å². The molecule has 1 amide bonds. The van der Waals surface area contributed by atoms with E-state index in [1.165, 1.54) is 6.20 Å². The molecule has 2 aromatic heterocycles. The summed E-state index contributed by atoms with van der Waals surface area (Å²) in [5, 5.41) is 3.08. The molecule has 2 rings (SSSR count). The van der Waals surface area contributed by atoms with Gasteiger partial charge in [0, 0.05) is 5.92 Å². The number of anilines is 1. The Kier molecular flexibility index (Phi) is 4.52. The molecule has 1 N–H and O–H groups in total. The molecule has 104 valence electrons. The maximum absolute atomic E-state index is 12.2. The highest BCUT2D eigenvalue weighted by Gasteiger charge is 2.16. The van der Waals surface area contributed by atoms with Gasteiger partial charge in [0.1, 0.15) is 16.8 Å². The van der Waals surface area contributed by atoms with Gasteiger partial charge in [-0.2, -0.15) is 0 Å². The average molecular weight is 311 g/mol. The average Bonchev–Trinajstić information content (AvgIpc) is 2.38. The minimum absolute atomic E-state index is 0.100. The Hall–Kier alpha value is -1.72. The molecule has 7 heteroatoms. The number of nitrogens with one attached hydrogen (secondary N) is 1. The van der Waals surface area contributed by atoms with Crippen LogP contribution in [0, 0.1) is 0 Å². The van der Waals surface area contributed by atoms with Crippen molar-refractivity contribution in [1.29, 1.82) is 0 Å². The van der Waals surface area contributed by atoms with Gasteiger partial charge in [-0.3, -0.25) is 4.79 Å². The zero-order chi connectivity index (χ0) is 14.7. The number of halogens is 2. The monoisotopic (exact) mass is 310 g/mol. The van der Waals surface area contributed by atoms with Crippen molar-refractivity contribution < 1.29 is 4.79 Å². The molecule has 0 atom stereocenters. The van der Waals surface area contributed by atoms with E-state index in [2.05, 4.69) is 20.3 Å². The lowest BCUT2D eigenvalue weighted by Gasteiger charge is -2.08. The normalized spacial score (nSPS) is 10.7. The van der Waals surface area contributed by atoms with Gasteiger partial charge in [-0.15, -0.1) is 0 Å². The predicted molar refractivity (Wildman–Crippen MR) is 78.3 cm³/mol. The maximum atomic E-state index is 12.2. The van der Waals surface area contributed by atoms with Crippen LogP contribution in [0.5, 0.6) is 0 Å². The zero-order valence-corrected chi connectivity index (χ0v) is 12.4. The van der Waals surface area contributed by atoms with Crippen LogP contribution in [0.4, 0.5) is 5.82 Å². The van der Waals surface area contributed by atoms with Crippen LogP contribution in [-0.2, 0) is 0 Å². The lowest BCUT2D eigenvalue weighted by Crippen LogP contribution is -2.17. The van der Waals surface area contributed by atoms with E-state index in [0.29, 0.717) is 16.8 Å². The first-order chi connectivity index (χ1) is 9.47. The van der Waals surface area contributed by atoms with E-state index in [0.717, 1.165) is 0 Å². The Labute approximate surface area is 126 Å². The molecule has 0 saturated heterocycles. The summed E-state index contributed by atoms with van der Waals surface area (Å²) < 4.78 is 0. The number of carbonyl (C=O) groups is 1. The molecule has 0 aliphatic rings. The second-order valence-electron chi connectivity index (χ2n) is 4.38. The molecule has 0 unspecified atom stereocenters. The lowest BCUT2D eigenvalue weighted by atomic mass is 10.2. The molecular formula is C13H12Cl2N4O. The van der Waals surface area contributed by atoms with Crippen molar-refractivity contribution in [2.24, 2.45) is 0 Å². The van der Waals surface area contributed by atoms with Crippen LogP contribution in [0.25, 0.3) is 0 Å². The van der Waals surface area contributed by atoms with Crippen molar-refractivity contribution in [1.82, 2.24) is 15.0 Å². The van der Waals surface area contributed by atoms with Crippen LogP contribution in [-0.4, -0.2) is 20.9 Å². The number of rotatable bonds is 3. The van der Waals surface area contributed by atoms with Gasteiger partial charge in [-0.1, -0.05) is 43.1 Å². The summed E-state index contributed by atoms with van der Waals surface area (Å²) in [6, 6.07) is 4.93. The van der Waals surface area contributed by atoms with Crippen LogP contribution >= 0.6 is 23.2 Å². The van der Waals surface area contributed by atoms with Crippen molar-refractivity contribution >= 4 is 34.9 Å². The van der Waals surface area contributed by atoms with Crippen LogP contribution in [0.3, 0.4) is 0 Å². The van der Waals surface area contributed by atoms with Crippen LogP contribution in [0.15, 0.2) is 24.4 Å². The number of nitrogens with zero attached hydrogens (tertiary/aromatic N) is 3. The number of aromatic nitrogens is 3. The van der Waals surface area contributed by atoms with Crippen molar-refractivity contribution in [3.8, 4) is 0 Å². The second-order valence-corrected chi connectivity index (χ2v) is 5.17. The highest BCUT2D eigenvalue weighted by molar-refractivity contribution is 6.34. The fourth-order valence-corrected chi connectivity index (χ4v) is 1.81. The first kappa shape index (κ1) is 14.7. The van der Waals surface area contributed by atoms with Gasteiger partial charge in [0.05, 0.1) is 11.2 Å². The number of carbonyl (C=O) groups excluding carboxylic acids is 1. The minimum Gasteiger partial charge on any atom is -0.305 e. The summed E-state index contributed by atoms with van der Waals surface area (Å²) in [4.78, 5) is 24.4. The third-order valence-corrected chi connectivity index (χ3v) is 2.94. The Balaban J connectivity index is 2.27. The number of hydrogen-bond acceptors (Lipinski definition) is 4. The molecule has 2 heterocycles. The molecule has 0 saturated carbocycles. The van der Waals surface area contributed by atoms with Gasteiger partial charge in [0.2, 0.25) is 0 Å². The van der Waals surface area contributed by atoms with E-state index in [1.807, 2.05) is 13.8 Å². The Morgan fingerprint density at radius 3 is 2.65 bits per heavy atom. The highest BCUT2D eigenvalue weighted by atomic mass is 35.5. The first-order valence-corrected chi connectivity index (χ1v) is 6.69. The Bertz CT molecular complexity index is 646. The van der Waals surface area contributed by atoms with E-state index in [9.17, 15) is 4.79 Å². The molecular weight excluding hydrogens is 299 g/mol. The summed E-state index contributed by atoms with van der Waals surface area (Å²) in [6.45, 7) is 3.87. The molecule has 5 nitrogen and oxygen atoms in total. The van der Waals surface area contributed by atoms with Gasteiger partial charge < -0.3 is 5.32 Å². The van der Waals surface area contributed by atoms with Crippen LogP contribution < -0.4 is 5.32 Å². The van der Waals surface area contributed by atoms with Gasteiger partial charge in [-0.25, -0.2) is 15.0 Å². The predicted octanol–water partition coefficient (Wildman–Crippen LogP) is 3.55. The van der Waals surface area contributed by atoms with Crippen LogP contribution in [0.1, 0.15) is 36.1 Å². The smallest absolute Gasteiger partial charge is 0.277 e. The third-order valence-electron chi connectivity index (χ3n) is 2.45. The number of amides is 1. The summed E-state index contributed by atoms with van der Waals surface area (Å²) >= 11 is 11.7. The SMILES string of the molecule is CC(C)c1ncc(Cl)c(C(=O)Nc2cccc(Cl)n2)n1. The summed E-state index contributed by atoms with van der Waals surface area (Å²) in [5.41, 5.74) is 0.118. The maximum Gasteiger partial charge on any atom is 0.277 e. The van der Waals surface area contributed by atoms with Crippen molar-refractivity contribution in [3.05, 3.63) is 46.1 Å². The van der Waals surface area contributed by atoms with Crippen molar-refractivity contribution in [2.45, 2.75) is 19.8 Å². The quantitative estimate of drug-likeness (QED) is 0.880. The summed E-state index contributed by atoms with van der Waals surface area (Å²) in [5.74, 6) is 0.541. The Morgan fingerprint density at radius 2 is 2.00 bits per heavy atom. The third kappa shape index (κ3) is 3.43. The fraction of sp³-hybridized carbons (Fsp3) is 0.231. The van der Waals surface area contributed by atoms with E-state index in [1.54, 1.807) is 18.2 Å². The van der Waals surface area contributed by atoms with Gasteiger partial charge in [0.25, 0.3) is 5.91 Å². The number of pyridine rings is 1. The van der Waals surface area contributed by atoms with Crippen molar-refractivity contribution in [2.75, 3.05) is 5.32 Å². The van der Waals surface area contributed by atoms with Crippen molar-refractivity contribution in [3.63, 3.8) is 0 Å². The first-order valence-electron chi connectivity index (χ1n) is 5.93. The molecule has 0 spiro atoms. The lowest BCUT2D eigenvalue weighted by molar-refractivity contribution is 0.102. The van der Waals surface area contributed by atoms with E-state index in [4.69, 9.17) is 23.2 Å². The molecule has 20 heavy (non-hydrogen) atoms. The van der Waals surface area contributed by atoms with E-state index < -0.39 is 5.91 Å². The minimum atomic E-state index is -0.450. The molecule has 2 aromatic rings. The fourth-order valence-electron chi connectivity index (χ4n) is 1.47. The zero-order valence-electron chi connectivity index (χ0n) is 10.9. The Morgan fingerprint density at radius 1 is 1.25 bits per heavy atom.